The largest absolute Gasteiger partial charge is 0.480 e. The summed E-state index contributed by atoms with van der Waals surface area (Å²) in [7, 11) is 0. The number of para-hydroxylation sites is 1. The molecule has 0 atom stereocenters. The third kappa shape index (κ3) is 6.55. The molecule has 196 valence electrons. The molecule has 1 N–H and O–H groups in total. The fraction of sp³-hybridized carbons (Fsp3) is 0.414. The number of piperazine rings is 1. The van der Waals surface area contributed by atoms with E-state index in [-0.39, 0.29) is 5.91 Å². The van der Waals surface area contributed by atoms with Gasteiger partial charge in [0.05, 0.1) is 0 Å². The van der Waals surface area contributed by atoms with E-state index in [0.717, 1.165) is 55.2 Å². The Hall–Kier alpha value is -3.26. The Morgan fingerprint density at radius 2 is 1.65 bits per heavy atom. The van der Waals surface area contributed by atoms with Crippen LogP contribution in [0.3, 0.4) is 0 Å². The monoisotopic (exact) mass is 520 g/mol. The number of carboxylic acid groups (broad SMARTS) is 1. The van der Waals surface area contributed by atoms with Crippen LogP contribution in [0.25, 0.3) is 11.4 Å². The van der Waals surface area contributed by atoms with Gasteiger partial charge in [0.25, 0.3) is 5.91 Å². The number of aliphatic carboxylic acids is 1. The van der Waals surface area contributed by atoms with Crippen LogP contribution in [-0.4, -0.2) is 62.4 Å². The highest BCUT2D eigenvalue weighted by Crippen LogP contribution is 2.34. The zero-order valence-electron chi connectivity index (χ0n) is 21.9. The molecule has 0 bridgehead atoms. The summed E-state index contributed by atoms with van der Waals surface area (Å²) in [6.07, 6.45) is 5.14. The normalized spacial score (nSPS) is 14.1. The third-order valence-corrected chi connectivity index (χ3v) is 7.88. The number of carbonyl (C=O) groups excluding carboxylic acids is 1. The molecule has 3 aromatic rings. The van der Waals surface area contributed by atoms with Gasteiger partial charge < -0.3 is 19.5 Å². The summed E-state index contributed by atoms with van der Waals surface area (Å²) >= 11 is 1.31. The number of thioether (sulfide) groups is 1. The van der Waals surface area contributed by atoms with E-state index < -0.39 is 10.7 Å². The molecule has 1 aromatic heterocycles. The topological polar surface area (TPSA) is 78.7 Å². The Kier molecular flexibility index (Phi) is 8.59. The van der Waals surface area contributed by atoms with Gasteiger partial charge >= 0.3 is 5.97 Å². The highest BCUT2D eigenvalue weighted by Gasteiger charge is 2.29. The summed E-state index contributed by atoms with van der Waals surface area (Å²) < 4.78 is 1.18. The Balaban J connectivity index is 1.50. The van der Waals surface area contributed by atoms with Crippen molar-refractivity contribution in [1.82, 2.24) is 14.5 Å². The van der Waals surface area contributed by atoms with E-state index in [4.69, 9.17) is 4.98 Å². The number of amides is 1. The lowest BCUT2D eigenvalue weighted by molar-refractivity contribution is -0.138. The second-order valence-corrected chi connectivity index (χ2v) is 11.6. The van der Waals surface area contributed by atoms with Crippen LogP contribution in [0.5, 0.6) is 0 Å². The molecule has 0 unspecified atom stereocenters. The van der Waals surface area contributed by atoms with Gasteiger partial charge in [0.2, 0.25) is 0 Å². The van der Waals surface area contributed by atoms with Crippen molar-refractivity contribution < 1.29 is 14.7 Å². The van der Waals surface area contributed by atoms with Crippen molar-refractivity contribution >= 4 is 29.3 Å². The average Bonchev–Trinajstić information content (AvgIpc) is 3.33. The molecule has 0 radical (unpaired) electrons. The van der Waals surface area contributed by atoms with Crippen LogP contribution in [0, 0.1) is 0 Å². The van der Waals surface area contributed by atoms with E-state index in [9.17, 15) is 14.7 Å². The van der Waals surface area contributed by atoms with Crippen LogP contribution < -0.4 is 4.90 Å². The predicted molar refractivity (Wildman–Crippen MR) is 149 cm³/mol. The highest BCUT2D eigenvalue weighted by molar-refractivity contribution is 8.01. The molecule has 2 heterocycles. The van der Waals surface area contributed by atoms with Gasteiger partial charge in [-0.3, -0.25) is 9.59 Å². The van der Waals surface area contributed by atoms with E-state index in [2.05, 4.69) is 28.5 Å². The lowest BCUT2D eigenvalue weighted by Gasteiger charge is -2.35. The minimum Gasteiger partial charge on any atom is -0.480 e. The molecule has 0 saturated carbocycles. The Morgan fingerprint density at radius 1 is 0.973 bits per heavy atom. The fourth-order valence-corrected chi connectivity index (χ4v) is 5.38. The van der Waals surface area contributed by atoms with Crippen LogP contribution in [0.15, 0.2) is 65.7 Å². The number of nitrogens with zero attached hydrogens (tertiary/aromatic N) is 4. The van der Waals surface area contributed by atoms with Crippen molar-refractivity contribution in [2.75, 3.05) is 31.1 Å². The molecule has 2 aromatic carbocycles. The van der Waals surface area contributed by atoms with Gasteiger partial charge in [-0.25, -0.2) is 4.98 Å². The Morgan fingerprint density at radius 3 is 2.27 bits per heavy atom. The number of imidazole rings is 1. The third-order valence-electron chi connectivity index (χ3n) is 6.69. The van der Waals surface area contributed by atoms with Crippen molar-refractivity contribution in [2.24, 2.45) is 0 Å². The molecule has 0 spiro atoms. The average molecular weight is 521 g/mol. The van der Waals surface area contributed by atoms with E-state index in [1.807, 2.05) is 53.6 Å². The van der Waals surface area contributed by atoms with Crippen molar-refractivity contribution in [1.29, 1.82) is 0 Å². The molecule has 7 nitrogen and oxygen atoms in total. The summed E-state index contributed by atoms with van der Waals surface area (Å²) in [5.74, 6) is -0.101. The molecule has 1 aliphatic heterocycles. The second-order valence-electron chi connectivity index (χ2n) is 9.91. The lowest BCUT2D eigenvalue weighted by atomic mass is 10.2. The maximum atomic E-state index is 13.4. The first-order valence-corrected chi connectivity index (χ1v) is 13.8. The van der Waals surface area contributed by atoms with Gasteiger partial charge in [0.1, 0.15) is 16.3 Å². The van der Waals surface area contributed by atoms with E-state index >= 15 is 0 Å². The second kappa shape index (κ2) is 11.9. The van der Waals surface area contributed by atoms with Crippen molar-refractivity contribution in [3.05, 3.63) is 66.5 Å². The first kappa shape index (κ1) is 26.8. The number of anilines is 1. The molecule has 1 aliphatic rings. The molecular formula is C29H36N4O3S. The predicted octanol–water partition coefficient (Wildman–Crippen LogP) is 5.66. The van der Waals surface area contributed by atoms with Gasteiger partial charge in [0.15, 0.2) is 0 Å². The number of hydrogen-bond donors (Lipinski definition) is 1. The van der Waals surface area contributed by atoms with E-state index in [1.165, 1.54) is 17.4 Å². The Labute approximate surface area is 223 Å². The van der Waals surface area contributed by atoms with Crippen LogP contribution in [0.1, 0.15) is 50.5 Å². The number of carboxylic acids is 1. The number of benzene rings is 2. The number of hydrogen-bond acceptors (Lipinski definition) is 5. The van der Waals surface area contributed by atoms with Crippen molar-refractivity contribution in [2.45, 2.75) is 56.2 Å². The molecular weight excluding hydrogens is 484 g/mol. The summed E-state index contributed by atoms with van der Waals surface area (Å²) in [6, 6.07) is 18.1. The first-order valence-electron chi connectivity index (χ1n) is 13.0. The van der Waals surface area contributed by atoms with E-state index in [1.54, 1.807) is 13.8 Å². The quantitative estimate of drug-likeness (QED) is 0.275. The van der Waals surface area contributed by atoms with Gasteiger partial charge in [-0.15, -0.1) is 11.8 Å². The highest BCUT2D eigenvalue weighted by atomic mass is 32.2. The summed E-state index contributed by atoms with van der Waals surface area (Å²) in [4.78, 5) is 34.8. The van der Waals surface area contributed by atoms with Crippen molar-refractivity contribution in [3.8, 4) is 11.4 Å². The fourth-order valence-electron chi connectivity index (χ4n) is 4.43. The van der Waals surface area contributed by atoms with Gasteiger partial charge in [-0.1, -0.05) is 50.1 Å². The molecule has 8 heteroatoms. The Bertz CT molecular complexity index is 1200. The molecule has 1 saturated heterocycles. The van der Waals surface area contributed by atoms with Crippen LogP contribution >= 0.6 is 11.8 Å². The molecule has 1 fully saturated rings. The molecule has 4 rings (SSSR count). The summed E-state index contributed by atoms with van der Waals surface area (Å²) in [6.45, 7) is 9.30. The summed E-state index contributed by atoms with van der Waals surface area (Å²) in [5.41, 5.74) is 2.58. The molecule has 1 amide bonds. The lowest BCUT2D eigenvalue weighted by Crippen LogP contribution is -2.48. The van der Waals surface area contributed by atoms with Crippen molar-refractivity contribution in [3.63, 3.8) is 0 Å². The zero-order valence-corrected chi connectivity index (χ0v) is 22.7. The number of aryl methyl sites for hydroxylation is 1. The molecule has 0 aliphatic carbocycles. The maximum absolute atomic E-state index is 13.4. The van der Waals surface area contributed by atoms with E-state index in [0.29, 0.717) is 18.8 Å². The maximum Gasteiger partial charge on any atom is 0.319 e. The first-order chi connectivity index (χ1) is 17.8. The van der Waals surface area contributed by atoms with Gasteiger partial charge in [-0.2, -0.15) is 0 Å². The number of aromatic nitrogens is 2. The number of unbranched alkanes of at least 4 members (excludes halogenated alkanes) is 2. The van der Waals surface area contributed by atoms with Gasteiger partial charge in [-0.05, 0) is 44.5 Å². The van der Waals surface area contributed by atoms with Crippen LogP contribution in [0.4, 0.5) is 5.69 Å². The minimum absolute atomic E-state index is 0.0291. The smallest absolute Gasteiger partial charge is 0.319 e. The molecule has 37 heavy (non-hydrogen) atoms. The van der Waals surface area contributed by atoms with Crippen LogP contribution in [0.2, 0.25) is 0 Å². The van der Waals surface area contributed by atoms with Gasteiger partial charge in [0, 0.05) is 55.1 Å². The summed E-state index contributed by atoms with van der Waals surface area (Å²) in [5, 5.41) is 9.44. The zero-order chi connectivity index (χ0) is 26.4. The number of carbonyl (C=O) groups is 2. The standard InChI is InChI=1S/C29H36N4O3S/c1-4-5-9-16-33-21-25(27(34)32-19-17-31(18-20-32)23-10-7-6-8-11-23)30-26(33)22-12-14-24(15-13-22)37-29(2,3)28(35)36/h6-8,10-15,21H,4-5,9,16-20H2,1-3H3,(H,35,36). The minimum atomic E-state index is -0.912. The van der Waals surface area contributed by atoms with Crippen LogP contribution in [-0.2, 0) is 11.3 Å². The SMILES string of the molecule is CCCCCn1cc(C(=O)N2CCN(c3ccccc3)CC2)nc1-c1ccc(SC(C)(C)C(=O)O)cc1. The number of rotatable bonds is 10.